The molecule has 0 atom stereocenters. The van der Waals surface area contributed by atoms with Crippen molar-refractivity contribution in [2.45, 2.75) is 11.8 Å². The summed E-state index contributed by atoms with van der Waals surface area (Å²) in [6.45, 7) is 1.56. The largest absolute Gasteiger partial charge is 0.417 e. The van der Waals surface area contributed by atoms with Crippen LogP contribution in [-0.4, -0.2) is 25.1 Å². The lowest BCUT2D eigenvalue weighted by Crippen LogP contribution is -2.12. The van der Waals surface area contributed by atoms with E-state index in [4.69, 9.17) is 4.42 Å². The van der Waals surface area contributed by atoms with E-state index < -0.39 is 15.6 Å². The number of aromatic amines is 1. The number of H-pyrrole nitrogens is 1. The first kappa shape index (κ1) is 16.0. The second-order valence-corrected chi connectivity index (χ2v) is 7.39. The van der Waals surface area contributed by atoms with Gasteiger partial charge in [-0.25, -0.2) is 13.2 Å². The van der Waals surface area contributed by atoms with E-state index in [-0.39, 0.29) is 16.6 Å². The van der Waals surface area contributed by atoms with Crippen LogP contribution in [0.1, 0.15) is 17.3 Å². The maximum absolute atomic E-state index is 12.2. The Morgan fingerprint density at radius 3 is 2.54 bits per heavy atom. The molecule has 2 aromatic carbocycles. The number of amides is 1. The van der Waals surface area contributed by atoms with Gasteiger partial charge in [0.05, 0.1) is 16.2 Å². The molecule has 0 saturated heterocycles. The highest BCUT2D eigenvalue weighted by Crippen LogP contribution is 2.18. The molecule has 0 unspecified atom stereocenters. The maximum Gasteiger partial charge on any atom is 0.417 e. The molecule has 0 aliphatic rings. The van der Waals surface area contributed by atoms with E-state index in [2.05, 4.69) is 10.3 Å². The molecule has 0 fully saturated rings. The summed E-state index contributed by atoms with van der Waals surface area (Å²) in [6, 6.07) is 10.5. The monoisotopic (exact) mass is 346 g/mol. The molecule has 0 radical (unpaired) electrons. The molecule has 0 spiro atoms. The summed E-state index contributed by atoms with van der Waals surface area (Å²) < 4.78 is 28.4. The second kappa shape index (κ2) is 5.97. The van der Waals surface area contributed by atoms with Crippen molar-refractivity contribution in [3.63, 3.8) is 0 Å². The van der Waals surface area contributed by atoms with Crippen molar-refractivity contribution in [1.82, 2.24) is 4.98 Å². The highest BCUT2D eigenvalue weighted by Gasteiger charge is 2.13. The van der Waals surface area contributed by atoms with Crippen LogP contribution in [0.25, 0.3) is 11.1 Å². The number of carbonyl (C=O) groups excluding carboxylic acids is 1. The van der Waals surface area contributed by atoms with Crippen LogP contribution < -0.4 is 11.1 Å². The standard InChI is InChI=1S/C16H14N2O5S/c1-2-24(21,22)12-6-3-10(4-7-12)15(19)17-11-5-8-14-13(9-11)18-16(20)23-14/h3-9H,2H2,1H3,(H,17,19)(H,18,20). The number of nitrogens with one attached hydrogen (secondary N) is 2. The van der Waals surface area contributed by atoms with E-state index >= 15 is 0 Å². The van der Waals surface area contributed by atoms with E-state index in [9.17, 15) is 18.0 Å². The molecule has 1 aromatic heterocycles. The van der Waals surface area contributed by atoms with Gasteiger partial charge in [-0.3, -0.25) is 9.78 Å². The lowest BCUT2D eigenvalue weighted by atomic mass is 10.2. The Bertz CT molecular complexity index is 1060. The Hall–Kier alpha value is -2.87. The summed E-state index contributed by atoms with van der Waals surface area (Å²) in [6.07, 6.45) is 0. The molecule has 8 heteroatoms. The van der Waals surface area contributed by atoms with Crippen LogP contribution in [0.2, 0.25) is 0 Å². The van der Waals surface area contributed by atoms with Crippen LogP contribution in [0.15, 0.2) is 56.6 Å². The molecular weight excluding hydrogens is 332 g/mol. The molecule has 0 aliphatic heterocycles. The molecule has 3 aromatic rings. The number of carbonyl (C=O) groups is 1. The Labute approximate surface area is 137 Å². The van der Waals surface area contributed by atoms with Gasteiger partial charge in [0.15, 0.2) is 15.4 Å². The van der Waals surface area contributed by atoms with Crippen molar-refractivity contribution < 1.29 is 17.6 Å². The molecular formula is C16H14N2O5S. The maximum atomic E-state index is 12.2. The summed E-state index contributed by atoms with van der Waals surface area (Å²) in [5.41, 5.74) is 1.68. The SMILES string of the molecule is CCS(=O)(=O)c1ccc(C(=O)Nc2ccc3oc(=O)[nH]c3c2)cc1. The predicted molar refractivity (Wildman–Crippen MR) is 89.0 cm³/mol. The molecule has 0 bridgehead atoms. The van der Waals surface area contributed by atoms with Gasteiger partial charge in [0, 0.05) is 11.3 Å². The third kappa shape index (κ3) is 3.09. The zero-order valence-electron chi connectivity index (χ0n) is 12.7. The molecule has 2 N–H and O–H groups in total. The van der Waals surface area contributed by atoms with E-state index in [1.807, 2.05) is 0 Å². The number of benzene rings is 2. The third-order valence-corrected chi connectivity index (χ3v) is 5.28. The number of anilines is 1. The fourth-order valence-electron chi connectivity index (χ4n) is 2.21. The van der Waals surface area contributed by atoms with Gasteiger partial charge < -0.3 is 9.73 Å². The molecule has 124 valence electrons. The van der Waals surface area contributed by atoms with E-state index in [0.717, 1.165) is 0 Å². The average Bonchev–Trinajstić information content (AvgIpc) is 2.94. The predicted octanol–water partition coefficient (Wildman–Crippen LogP) is 2.17. The van der Waals surface area contributed by atoms with Gasteiger partial charge in [0.2, 0.25) is 0 Å². The minimum atomic E-state index is -3.30. The summed E-state index contributed by atoms with van der Waals surface area (Å²) >= 11 is 0. The molecule has 3 rings (SSSR count). The van der Waals surface area contributed by atoms with Gasteiger partial charge in [-0.2, -0.15) is 0 Å². The van der Waals surface area contributed by atoms with Crippen molar-refractivity contribution in [3.05, 3.63) is 58.6 Å². The van der Waals surface area contributed by atoms with Gasteiger partial charge >= 0.3 is 5.76 Å². The Balaban J connectivity index is 1.82. The number of fused-ring (bicyclic) bond motifs is 1. The average molecular weight is 346 g/mol. The van der Waals surface area contributed by atoms with Gasteiger partial charge in [-0.05, 0) is 42.5 Å². The first-order valence-corrected chi connectivity index (χ1v) is 8.81. The highest BCUT2D eigenvalue weighted by molar-refractivity contribution is 7.91. The van der Waals surface area contributed by atoms with Crippen LogP contribution in [-0.2, 0) is 9.84 Å². The van der Waals surface area contributed by atoms with Crippen molar-refractivity contribution >= 4 is 32.5 Å². The van der Waals surface area contributed by atoms with Gasteiger partial charge in [-0.15, -0.1) is 0 Å². The molecule has 1 amide bonds. The molecule has 0 aliphatic carbocycles. The number of oxazole rings is 1. The second-order valence-electron chi connectivity index (χ2n) is 5.11. The quantitative estimate of drug-likeness (QED) is 0.752. The Kier molecular flexibility index (Phi) is 3.98. The fraction of sp³-hybridized carbons (Fsp3) is 0.125. The molecule has 0 saturated carbocycles. The number of hydrogen-bond donors (Lipinski definition) is 2. The minimum absolute atomic E-state index is 0.00145. The topological polar surface area (TPSA) is 109 Å². The zero-order chi connectivity index (χ0) is 17.3. The smallest absolute Gasteiger partial charge is 0.408 e. The minimum Gasteiger partial charge on any atom is -0.408 e. The first-order chi connectivity index (χ1) is 11.4. The van der Waals surface area contributed by atoms with E-state index in [1.54, 1.807) is 25.1 Å². The van der Waals surface area contributed by atoms with Crippen LogP contribution >= 0.6 is 0 Å². The first-order valence-electron chi connectivity index (χ1n) is 7.16. The van der Waals surface area contributed by atoms with Gasteiger partial charge in [0.1, 0.15) is 0 Å². The summed E-state index contributed by atoms with van der Waals surface area (Å²) in [5.74, 6) is -0.955. The number of aromatic nitrogens is 1. The number of hydrogen-bond acceptors (Lipinski definition) is 5. The van der Waals surface area contributed by atoms with Gasteiger partial charge in [0.25, 0.3) is 5.91 Å². The number of rotatable bonds is 4. The Morgan fingerprint density at radius 2 is 1.88 bits per heavy atom. The number of sulfone groups is 1. The zero-order valence-corrected chi connectivity index (χ0v) is 13.5. The van der Waals surface area contributed by atoms with E-state index in [1.165, 1.54) is 24.3 Å². The fourth-order valence-corrected chi connectivity index (χ4v) is 3.10. The summed E-state index contributed by atoms with van der Waals surface area (Å²) in [4.78, 5) is 26.0. The molecule has 1 heterocycles. The van der Waals surface area contributed by atoms with Crippen LogP contribution in [0, 0.1) is 0 Å². The van der Waals surface area contributed by atoms with Crippen LogP contribution in [0.4, 0.5) is 5.69 Å². The summed E-state index contributed by atoms with van der Waals surface area (Å²) in [7, 11) is -3.30. The normalized spacial score (nSPS) is 11.5. The Morgan fingerprint density at radius 1 is 1.17 bits per heavy atom. The van der Waals surface area contributed by atoms with Gasteiger partial charge in [-0.1, -0.05) is 6.92 Å². The summed E-state index contributed by atoms with van der Waals surface area (Å²) in [5, 5.41) is 2.68. The van der Waals surface area contributed by atoms with Crippen molar-refractivity contribution in [1.29, 1.82) is 0 Å². The van der Waals surface area contributed by atoms with E-state index in [0.29, 0.717) is 22.4 Å². The van der Waals surface area contributed by atoms with Crippen LogP contribution in [0.3, 0.4) is 0 Å². The highest BCUT2D eigenvalue weighted by atomic mass is 32.2. The van der Waals surface area contributed by atoms with Crippen LogP contribution in [0.5, 0.6) is 0 Å². The van der Waals surface area contributed by atoms with Crippen molar-refractivity contribution in [2.24, 2.45) is 0 Å². The third-order valence-electron chi connectivity index (χ3n) is 3.53. The lowest BCUT2D eigenvalue weighted by Gasteiger charge is -2.06. The van der Waals surface area contributed by atoms with Crippen molar-refractivity contribution in [2.75, 3.05) is 11.1 Å². The van der Waals surface area contributed by atoms with Crippen molar-refractivity contribution in [3.8, 4) is 0 Å². The molecule has 7 nitrogen and oxygen atoms in total. The lowest BCUT2D eigenvalue weighted by molar-refractivity contribution is 0.102. The molecule has 24 heavy (non-hydrogen) atoms.